The summed E-state index contributed by atoms with van der Waals surface area (Å²) in [6.45, 7) is 10.5. The van der Waals surface area contributed by atoms with Crippen molar-refractivity contribution in [1.29, 1.82) is 0 Å². The first-order chi connectivity index (χ1) is 17.3. The van der Waals surface area contributed by atoms with E-state index in [1.165, 1.54) is 30.8 Å². The topological polar surface area (TPSA) is 103 Å². The van der Waals surface area contributed by atoms with Gasteiger partial charge in [0.25, 0.3) is 5.91 Å². The van der Waals surface area contributed by atoms with E-state index < -0.39 is 28.9 Å². The first kappa shape index (κ1) is 26.1. The zero-order valence-electron chi connectivity index (χ0n) is 21.9. The molecule has 2 aromatic heterocycles. The number of hydrogen-bond acceptors (Lipinski definition) is 5. The van der Waals surface area contributed by atoms with Gasteiger partial charge in [-0.1, -0.05) is 34.6 Å². The van der Waals surface area contributed by atoms with Crippen molar-refractivity contribution < 1.29 is 28.6 Å². The van der Waals surface area contributed by atoms with Crippen molar-refractivity contribution in [3.8, 4) is 11.4 Å². The minimum atomic E-state index is -1.30. The number of halogens is 1. The minimum Gasteiger partial charge on any atom is -0.494 e. The monoisotopic (exact) mass is 507 g/mol. The first-order valence-corrected chi connectivity index (χ1v) is 12.0. The highest BCUT2D eigenvalue weighted by atomic mass is 19.1. The van der Waals surface area contributed by atoms with Crippen LogP contribution in [0.2, 0.25) is 0 Å². The van der Waals surface area contributed by atoms with E-state index in [0.29, 0.717) is 33.2 Å². The van der Waals surface area contributed by atoms with Gasteiger partial charge in [-0.2, -0.15) is 9.78 Å². The van der Waals surface area contributed by atoms with E-state index in [-0.39, 0.29) is 23.1 Å². The van der Waals surface area contributed by atoms with Crippen LogP contribution >= 0.6 is 0 Å². The summed E-state index contributed by atoms with van der Waals surface area (Å²) in [5, 5.41) is 15.1. The Balaban J connectivity index is 2.17. The van der Waals surface area contributed by atoms with Gasteiger partial charge in [0.2, 0.25) is 0 Å². The van der Waals surface area contributed by atoms with E-state index >= 15 is 0 Å². The van der Waals surface area contributed by atoms with Gasteiger partial charge in [-0.3, -0.25) is 14.4 Å². The molecular formula is C28H30FN3O5. The molecule has 2 aromatic carbocycles. The maximum Gasteiger partial charge on any atom is 0.314 e. The Hall–Kier alpha value is -4.01. The molecule has 0 spiro atoms. The summed E-state index contributed by atoms with van der Waals surface area (Å²) in [4.78, 5) is 38.5. The number of Topliss-reactive ketones (excluding diaryl/α,β-unsaturated/α-hetero) is 1. The second-order valence-corrected chi connectivity index (χ2v) is 10.5. The number of carboxylic acid groups (broad SMARTS) is 1. The SMILES string of the molecule is COc1cc(-n2c(C(C)C)c(C(=O)C(C)C(=O)O)c3cc4c(cnn4C(=O)C(C)(C)C)cc32)ccc1F. The number of carbonyl (C=O) groups is 3. The molecule has 0 radical (unpaired) electrons. The molecule has 194 valence electrons. The molecule has 37 heavy (non-hydrogen) atoms. The van der Waals surface area contributed by atoms with E-state index in [1.54, 1.807) is 39.1 Å². The predicted molar refractivity (Wildman–Crippen MR) is 138 cm³/mol. The molecule has 0 saturated heterocycles. The molecule has 0 bridgehead atoms. The van der Waals surface area contributed by atoms with E-state index in [2.05, 4.69) is 5.10 Å². The van der Waals surface area contributed by atoms with Crippen LogP contribution in [0.1, 0.15) is 68.3 Å². The average Bonchev–Trinajstić information content (AvgIpc) is 3.39. The van der Waals surface area contributed by atoms with Crippen LogP contribution in [-0.4, -0.2) is 44.2 Å². The molecule has 0 aliphatic carbocycles. The number of benzene rings is 2. The maximum atomic E-state index is 14.3. The molecule has 0 saturated carbocycles. The molecule has 1 atom stereocenters. The van der Waals surface area contributed by atoms with Crippen LogP contribution in [0, 0.1) is 17.2 Å². The number of ether oxygens (including phenoxy) is 1. The quantitative estimate of drug-likeness (QED) is 0.260. The van der Waals surface area contributed by atoms with Gasteiger partial charge in [-0.05, 0) is 37.1 Å². The molecule has 9 heteroatoms. The van der Waals surface area contributed by atoms with Crippen molar-refractivity contribution in [2.24, 2.45) is 11.3 Å². The van der Waals surface area contributed by atoms with Crippen LogP contribution in [-0.2, 0) is 4.79 Å². The van der Waals surface area contributed by atoms with Gasteiger partial charge in [0, 0.05) is 39.2 Å². The van der Waals surface area contributed by atoms with Crippen molar-refractivity contribution in [3.63, 3.8) is 0 Å². The number of carboxylic acids is 1. The lowest BCUT2D eigenvalue weighted by molar-refractivity contribution is -0.139. The van der Waals surface area contributed by atoms with Crippen LogP contribution in [0.5, 0.6) is 5.75 Å². The minimum absolute atomic E-state index is 0.0329. The van der Waals surface area contributed by atoms with Crippen LogP contribution in [0.25, 0.3) is 27.5 Å². The molecule has 2 heterocycles. The Bertz CT molecular complexity index is 1570. The second kappa shape index (κ2) is 9.14. The van der Waals surface area contributed by atoms with Crippen molar-refractivity contribution >= 4 is 39.5 Å². The standard InChI is InChI=1S/C28H30FN3O5/c1-14(2)24-23(25(33)15(3)26(34)35)18-12-20-16(13-30-32(20)27(36)28(4,5)6)10-21(18)31(24)17-8-9-19(29)22(11-17)37-7/h8-15H,1-7H3,(H,34,35). The van der Waals surface area contributed by atoms with Gasteiger partial charge in [0.1, 0.15) is 5.92 Å². The van der Waals surface area contributed by atoms with Crippen LogP contribution in [0.15, 0.2) is 36.5 Å². The van der Waals surface area contributed by atoms with Gasteiger partial charge in [-0.15, -0.1) is 0 Å². The van der Waals surface area contributed by atoms with E-state index in [0.717, 1.165) is 0 Å². The summed E-state index contributed by atoms with van der Waals surface area (Å²) >= 11 is 0. The molecule has 0 aliphatic rings. The number of nitrogens with zero attached hydrogens (tertiary/aromatic N) is 3. The molecule has 4 rings (SSSR count). The fourth-order valence-electron chi connectivity index (χ4n) is 4.51. The lowest BCUT2D eigenvalue weighted by Gasteiger charge is -2.17. The summed E-state index contributed by atoms with van der Waals surface area (Å²) in [5.74, 6) is -4.02. The molecule has 0 amide bonds. The third-order valence-corrected chi connectivity index (χ3v) is 6.48. The van der Waals surface area contributed by atoms with E-state index in [4.69, 9.17) is 4.74 Å². The Labute approximate surface area is 213 Å². The maximum absolute atomic E-state index is 14.3. The normalized spacial score (nSPS) is 12.9. The molecule has 4 aromatic rings. The summed E-state index contributed by atoms with van der Waals surface area (Å²) in [7, 11) is 1.37. The highest BCUT2D eigenvalue weighted by Crippen LogP contribution is 2.39. The van der Waals surface area contributed by atoms with E-state index in [1.807, 2.05) is 24.5 Å². The highest BCUT2D eigenvalue weighted by molar-refractivity contribution is 6.18. The number of ketones is 1. The van der Waals surface area contributed by atoms with Gasteiger partial charge < -0.3 is 14.4 Å². The molecule has 1 N–H and O–H groups in total. The Morgan fingerprint density at radius 3 is 2.30 bits per heavy atom. The fourth-order valence-corrected chi connectivity index (χ4v) is 4.51. The van der Waals surface area contributed by atoms with E-state index in [9.17, 15) is 23.9 Å². The summed E-state index contributed by atoms with van der Waals surface area (Å²) in [6.07, 6.45) is 1.58. The number of fused-ring (bicyclic) bond motifs is 2. The molecule has 1 unspecified atom stereocenters. The zero-order chi connectivity index (χ0) is 27.4. The van der Waals surface area contributed by atoms with Crippen LogP contribution in [0.3, 0.4) is 0 Å². The van der Waals surface area contributed by atoms with Gasteiger partial charge >= 0.3 is 5.97 Å². The predicted octanol–water partition coefficient (Wildman–Crippen LogP) is 5.84. The lowest BCUT2D eigenvalue weighted by atomic mass is 9.93. The number of hydrogen-bond donors (Lipinski definition) is 1. The lowest BCUT2D eigenvalue weighted by Crippen LogP contribution is -2.27. The smallest absolute Gasteiger partial charge is 0.314 e. The van der Waals surface area contributed by atoms with Crippen molar-refractivity contribution in [1.82, 2.24) is 14.3 Å². The molecule has 0 aliphatic heterocycles. The Morgan fingerprint density at radius 1 is 1.05 bits per heavy atom. The first-order valence-electron chi connectivity index (χ1n) is 12.0. The van der Waals surface area contributed by atoms with Crippen LogP contribution in [0.4, 0.5) is 4.39 Å². The fraction of sp³-hybridized carbons (Fsp3) is 0.357. The van der Waals surface area contributed by atoms with Gasteiger partial charge in [0.15, 0.2) is 17.3 Å². The molecule has 8 nitrogen and oxygen atoms in total. The average molecular weight is 508 g/mol. The Kier molecular flexibility index (Phi) is 6.44. The summed E-state index contributed by atoms with van der Waals surface area (Å²) in [5.41, 5.74) is 1.79. The summed E-state index contributed by atoms with van der Waals surface area (Å²) in [6, 6.07) is 7.92. The van der Waals surface area contributed by atoms with Crippen molar-refractivity contribution in [3.05, 3.63) is 53.6 Å². The van der Waals surface area contributed by atoms with Crippen molar-refractivity contribution in [2.45, 2.75) is 47.5 Å². The third-order valence-electron chi connectivity index (χ3n) is 6.48. The second-order valence-electron chi connectivity index (χ2n) is 10.5. The summed E-state index contributed by atoms with van der Waals surface area (Å²) < 4.78 is 22.6. The number of rotatable bonds is 6. The number of carbonyl (C=O) groups excluding carboxylic acids is 2. The third kappa shape index (κ3) is 4.28. The van der Waals surface area contributed by atoms with Gasteiger partial charge in [-0.25, -0.2) is 4.39 Å². The zero-order valence-corrected chi connectivity index (χ0v) is 21.9. The number of aliphatic carboxylic acids is 1. The Morgan fingerprint density at radius 2 is 1.73 bits per heavy atom. The highest BCUT2D eigenvalue weighted by Gasteiger charge is 2.32. The van der Waals surface area contributed by atoms with Gasteiger partial charge in [0.05, 0.1) is 24.3 Å². The largest absolute Gasteiger partial charge is 0.494 e. The number of aromatic nitrogens is 3. The number of methoxy groups -OCH3 is 1. The van der Waals surface area contributed by atoms with Crippen molar-refractivity contribution in [2.75, 3.05) is 7.11 Å². The molecular weight excluding hydrogens is 477 g/mol. The molecule has 0 fully saturated rings. The van der Waals surface area contributed by atoms with Crippen LogP contribution < -0.4 is 4.74 Å².